The summed E-state index contributed by atoms with van der Waals surface area (Å²) in [4.78, 5) is 25.7. The molecule has 3 aromatic heterocycles. The van der Waals surface area contributed by atoms with Crippen LogP contribution in [0, 0.1) is 5.92 Å². The highest BCUT2D eigenvalue weighted by atomic mass is 16.1. The molecule has 0 fully saturated rings. The van der Waals surface area contributed by atoms with E-state index in [0.29, 0.717) is 34.7 Å². The molecule has 3 heterocycles. The van der Waals surface area contributed by atoms with E-state index >= 15 is 0 Å². The van der Waals surface area contributed by atoms with Gasteiger partial charge in [-0.15, -0.1) is 0 Å². The molecule has 32 heavy (non-hydrogen) atoms. The summed E-state index contributed by atoms with van der Waals surface area (Å²) < 4.78 is 1.49. The summed E-state index contributed by atoms with van der Waals surface area (Å²) in [5.74, 6) is 0.222. The topological polar surface area (TPSA) is 114 Å². The zero-order valence-corrected chi connectivity index (χ0v) is 17.8. The molecule has 0 atom stereocenters. The first-order valence-electron chi connectivity index (χ1n) is 10.5. The molecule has 160 valence electrons. The standard InChI is InChI=1S/C24H23N7O/c1-14(2)11-27-24(32)20-21-23(30-19-10-6-5-9-18(19)29-21)31(22(20)25)28-13-15-12-26-17-8-4-3-7-16(15)17/h3-10,12-14,26H,11,25H2,1-2H3,(H,27,32)/b28-13-. The molecule has 0 saturated carbocycles. The van der Waals surface area contributed by atoms with Gasteiger partial charge in [-0.1, -0.05) is 44.2 Å². The number of H-pyrrole nitrogens is 1. The molecular formula is C24H23N7O. The molecule has 4 N–H and O–H groups in total. The first kappa shape index (κ1) is 19.7. The van der Waals surface area contributed by atoms with Crippen molar-refractivity contribution in [1.82, 2.24) is 24.9 Å². The van der Waals surface area contributed by atoms with E-state index in [1.807, 2.05) is 68.6 Å². The van der Waals surface area contributed by atoms with Gasteiger partial charge in [0, 0.05) is 29.2 Å². The molecule has 0 unspecified atom stereocenters. The summed E-state index contributed by atoms with van der Waals surface area (Å²) in [6, 6.07) is 15.5. The number of rotatable bonds is 5. The van der Waals surface area contributed by atoms with E-state index in [2.05, 4.69) is 15.4 Å². The number of para-hydroxylation sites is 3. The van der Waals surface area contributed by atoms with Crippen molar-refractivity contribution < 1.29 is 4.79 Å². The molecule has 0 bridgehead atoms. The fraction of sp³-hybridized carbons (Fsp3) is 0.167. The average Bonchev–Trinajstić information content (AvgIpc) is 3.32. The maximum absolute atomic E-state index is 13.0. The largest absolute Gasteiger partial charge is 0.383 e. The molecule has 8 nitrogen and oxygen atoms in total. The van der Waals surface area contributed by atoms with Crippen LogP contribution >= 0.6 is 0 Å². The Morgan fingerprint density at radius 2 is 1.88 bits per heavy atom. The first-order valence-corrected chi connectivity index (χ1v) is 10.5. The molecule has 0 spiro atoms. The number of aromatic nitrogens is 4. The van der Waals surface area contributed by atoms with Gasteiger partial charge < -0.3 is 16.0 Å². The molecule has 0 radical (unpaired) electrons. The third kappa shape index (κ3) is 3.35. The summed E-state index contributed by atoms with van der Waals surface area (Å²) in [6.07, 6.45) is 3.59. The molecule has 5 rings (SSSR count). The fourth-order valence-corrected chi connectivity index (χ4v) is 3.69. The third-order valence-electron chi connectivity index (χ3n) is 5.31. The summed E-state index contributed by atoms with van der Waals surface area (Å²) >= 11 is 0. The zero-order chi connectivity index (χ0) is 22.2. The number of hydrogen-bond donors (Lipinski definition) is 3. The highest BCUT2D eigenvalue weighted by molar-refractivity contribution is 6.11. The number of nitrogen functional groups attached to an aromatic ring is 1. The van der Waals surface area contributed by atoms with Crippen molar-refractivity contribution in [3.8, 4) is 0 Å². The van der Waals surface area contributed by atoms with Crippen LogP contribution in [0.3, 0.4) is 0 Å². The second kappa shape index (κ2) is 7.81. The van der Waals surface area contributed by atoms with E-state index in [1.54, 1.807) is 6.21 Å². The van der Waals surface area contributed by atoms with Gasteiger partial charge in [-0.3, -0.25) is 4.79 Å². The number of nitrogens with one attached hydrogen (secondary N) is 2. The van der Waals surface area contributed by atoms with Gasteiger partial charge in [-0.2, -0.15) is 9.78 Å². The molecule has 0 aliphatic heterocycles. The van der Waals surface area contributed by atoms with Crippen LogP contribution in [0.25, 0.3) is 33.1 Å². The minimum Gasteiger partial charge on any atom is -0.383 e. The van der Waals surface area contributed by atoms with Crippen LogP contribution < -0.4 is 11.1 Å². The second-order valence-corrected chi connectivity index (χ2v) is 8.09. The van der Waals surface area contributed by atoms with Gasteiger partial charge in [0.1, 0.15) is 16.9 Å². The smallest absolute Gasteiger partial charge is 0.257 e. The molecule has 8 heteroatoms. The van der Waals surface area contributed by atoms with Gasteiger partial charge >= 0.3 is 0 Å². The molecule has 0 aliphatic rings. The van der Waals surface area contributed by atoms with Crippen LogP contribution in [0.4, 0.5) is 5.82 Å². The maximum Gasteiger partial charge on any atom is 0.257 e. The second-order valence-electron chi connectivity index (χ2n) is 8.09. The van der Waals surface area contributed by atoms with Crippen molar-refractivity contribution in [3.05, 3.63) is 65.9 Å². The van der Waals surface area contributed by atoms with Gasteiger partial charge in [0.2, 0.25) is 0 Å². The van der Waals surface area contributed by atoms with Crippen molar-refractivity contribution in [1.29, 1.82) is 0 Å². The minimum absolute atomic E-state index is 0.202. The van der Waals surface area contributed by atoms with E-state index < -0.39 is 0 Å². The monoisotopic (exact) mass is 425 g/mol. The molecule has 2 aromatic carbocycles. The van der Waals surface area contributed by atoms with E-state index in [-0.39, 0.29) is 17.3 Å². The lowest BCUT2D eigenvalue weighted by Gasteiger charge is -2.07. The summed E-state index contributed by atoms with van der Waals surface area (Å²) in [7, 11) is 0. The van der Waals surface area contributed by atoms with Crippen LogP contribution in [0.15, 0.2) is 59.8 Å². The summed E-state index contributed by atoms with van der Waals surface area (Å²) in [5.41, 5.74) is 10.9. The van der Waals surface area contributed by atoms with Crippen LogP contribution in [0.2, 0.25) is 0 Å². The Labute approximate surface area is 184 Å². The zero-order valence-electron chi connectivity index (χ0n) is 17.8. The first-order chi connectivity index (χ1) is 15.5. The number of nitrogens with zero attached hydrogens (tertiary/aromatic N) is 4. The molecule has 0 aliphatic carbocycles. The summed E-state index contributed by atoms with van der Waals surface area (Å²) in [5, 5.41) is 8.57. The van der Waals surface area contributed by atoms with Crippen molar-refractivity contribution in [2.24, 2.45) is 11.0 Å². The number of hydrogen-bond acceptors (Lipinski definition) is 5. The molecule has 5 aromatic rings. The Morgan fingerprint density at radius 1 is 1.16 bits per heavy atom. The number of carbonyl (C=O) groups excluding carboxylic acids is 1. The van der Waals surface area contributed by atoms with Gasteiger partial charge in [-0.05, 0) is 24.1 Å². The Bertz CT molecular complexity index is 1490. The maximum atomic E-state index is 13.0. The predicted octanol–water partition coefficient (Wildman–Crippen LogP) is 3.92. The lowest BCUT2D eigenvalue weighted by molar-refractivity contribution is 0.0951. The number of carbonyl (C=O) groups is 1. The molecular weight excluding hydrogens is 402 g/mol. The Balaban J connectivity index is 1.68. The van der Waals surface area contributed by atoms with Gasteiger partial charge in [0.25, 0.3) is 5.91 Å². The van der Waals surface area contributed by atoms with E-state index in [1.165, 1.54) is 4.68 Å². The molecule has 0 saturated heterocycles. The number of amides is 1. The van der Waals surface area contributed by atoms with Crippen molar-refractivity contribution in [2.75, 3.05) is 12.3 Å². The normalized spacial score (nSPS) is 12.0. The van der Waals surface area contributed by atoms with E-state index in [0.717, 1.165) is 16.5 Å². The fourth-order valence-electron chi connectivity index (χ4n) is 3.69. The van der Waals surface area contributed by atoms with Gasteiger partial charge in [0.15, 0.2) is 5.65 Å². The van der Waals surface area contributed by atoms with Crippen LogP contribution in [0.5, 0.6) is 0 Å². The van der Waals surface area contributed by atoms with E-state index in [4.69, 9.17) is 15.7 Å². The number of nitrogens with two attached hydrogens (primary N) is 1. The van der Waals surface area contributed by atoms with Gasteiger partial charge in [-0.25, -0.2) is 9.97 Å². The number of anilines is 1. The number of aromatic amines is 1. The van der Waals surface area contributed by atoms with Crippen LogP contribution in [-0.4, -0.2) is 38.3 Å². The number of benzene rings is 2. The Hall–Kier alpha value is -4.20. The highest BCUT2D eigenvalue weighted by Gasteiger charge is 2.24. The number of fused-ring (bicyclic) bond motifs is 3. The Kier molecular flexibility index (Phi) is 4.82. The average molecular weight is 425 g/mol. The minimum atomic E-state index is -0.285. The lowest BCUT2D eigenvalue weighted by Crippen LogP contribution is -2.28. The van der Waals surface area contributed by atoms with Crippen LogP contribution in [-0.2, 0) is 0 Å². The quantitative estimate of drug-likeness (QED) is 0.370. The van der Waals surface area contributed by atoms with Crippen molar-refractivity contribution >= 4 is 51.0 Å². The highest BCUT2D eigenvalue weighted by Crippen LogP contribution is 2.28. The predicted molar refractivity (Wildman–Crippen MR) is 128 cm³/mol. The van der Waals surface area contributed by atoms with Gasteiger partial charge in [0.05, 0.1) is 17.2 Å². The van der Waals surface area contributed by atoms with Crippen molar-refractivity contribution in [2.45, 2.75) is 13.8 Å². The van der Waals surface area contributed by atoms with Crippen LogP contribution in [0.1, 0.15) is 29.8 Å². The van der Waals surface area contributed by atoms with Crippen molar-refractivity contribution in [3.63, 3.8) is 0 Å². The summed E-state index contributed by atoms with van der Waals surface area (Å²) in [6.45, 7) is 4.60. The Morgan fingerprint density at radius 3 is 2.66 bits per heavy atom. The molecule has 1 amide bonds. The lowest BCUT2D eigenvalue weighted by atomic mass is 10.2. The third-order valence-corrected chi connectivity index (χ3v) is 5.31. The SMILES string of the molecule is CC(C)CNC(=O)c1c(N)n(/N=C\c2c[nH]c3ccccc23)c2nc3ccccc3nc12. The van der Waals surface area contributed by atoms with E-state index in [9.17, 15) is 4.79 Å².